The maximum Gasteiger partial charge on any atom is 0.113 e. The van der Waals surface area contributed by atoms with E-state index < -0.39 is 0 Å². The number of aromatic nitrogens is 1. The highest BCUT2D eigenvalue weighted by Crippen LogP contribution is 2.36. The Hall–Kier alpha value is -0.450. The lowest BCUT2D eigenvalue weighted by molar-refractivity contribution is 0.111. The van der Waals surface area contributed by atoms with Crippen LogP contribution in [0.4, 0.5) is 0 Å². The molecule has 0 spiro atoms. The number of likely N-dealkylation sites (tertiary alicyclic amines) is 1. The van der Waals surface area contributed by atoms with Gasteiger partial charge in [-0.05, 0) is 40.8 Å². The molecule has 2 rings (SSSR count). The van der Waals surface area contributed by atoms with E-state index in [-0.39, 0.29) is 5.54 Å². The number of nitrogens with one attached hydrogen (secondary N) is 1. The Kier molecular flexibility index (Phi) is 3.33. The molecule has 4 heteroatoms. The summed E-state index contributed by atoms with van der Waals surface area (Å²) in [5.74, 6) is 0. The van der Waals surface area contributed by atoms with Gasteiger partial charge in [-0.3, -0.25) is 0 Å². The zero-order chi connectivity index (χ0) is 11.8. The molecule has 0 amide bonds. The first-order chi connectivity index (χ1) is 7.57. The molecule has 0 bridgehead atoms. The van der Waals surface area contributed by atoms with Gasteiger partial charge in [0.25, 0.3) is 0 Å². The fourth-order valence-corrected chi connectivity index (χ4v) is 3.50. The van der Waals surface area contributed by atoms with E-state index in [1.165, 1.54) is 5.01 Å². The molecule has 90 valence electrons. The van der Waals surface area contributed by atoms with Gasteiger partial charge in [-0.2, -0.15) is 0 Å². The SMILES string of the molecule is CNC1(c2nc(C)cs2)CCN(C)C(C)C1. The number of hydrogen-bond acceptors (Lipinski definition) is 4. The van der Waals surface area contributed by atoms with Crippen LogP contribution in [0.2, 0.25) is 0 Å². The predicted molar refractivity (Wildman–Crippen MR) is 68.9 cm³/mol. The molecule has 1 aromatic rings. The highest BCUT2D eigenvalue weighted by Gasteiger charge is 2.39. The van der Waals surface area contributed by atoms with E-state index in [2.05, 4.69) is 48.5 Å². The summed E-state index contributed by atoms with van der Waals surface area (Å²) in [7, 11) is 4.27. The van der Waals surface area contributed by atoms with Gasteiger partial charge < -0.3 is 10.2 Å². The average molecular weight is 239 g/mol. The third-order valence-electron chi connectivity index (χ3n) is 3.79. The van der Waals surface area contributed by atoms with Crippen molar-refractivity contribution in [3.63, 3.8) is 0 Å². The number of hydrogen-bond donors (Lipinski definition) is 1. The molecule has 16 heavy (non-hydrogen) atoms. The molecule has 1 saturated heterocycles. The van der Waals surface area contributed by atoms with E-state index in [0.29, 0.717) is 6.04 Å². The monoisotopic (exact) mass is 239 g/mol. The van der Waals surface area contributed by atoms with Crippen molar-refractivity contribution < 1.29 is 0 Å². The highest BCUT2D eigenvalue weighted by atomic mass is 32.1. The molecule has 1 aromatic heterocycles. The fraction of sp³-hybridized carbons (Fsp3) is 0.750. The lowest BCUT2D eigenvalue weighted by Gasteiger charge is -2.43. The van der Waals surface area contributed by atoms with Gasteiger partial charge in [0, 0.05) is 23.7 Å². The molecule has 2 heterocycles. The Morgan fingerprint density at radius 3 is 2.88 bits per heavy atom. The van der Waals surface area contributed by atoms with E-state index in [1.54, 1.807) is 11.3 Å². The summed E-state index contributed by atoms with van der Waals surface area (Å²) in [6.07, 6.45) is 2.30. The smallest absolute Gasteiger partial charge is 0.113 e. The minimum absolute atomic E-state index is 0.102. The first-order valence-corrected chi connectivity index (χ1v) is 6.77. The third kappa shape index (κ3) is 2.01. The van der Waals surface area contributed by atoms with Crippen molar-refractivity contribution >= 4 is 11.3 Å². The molecule has 0 aromatic carbocycles. The second-order valence-corrected chi connectivity index (χ2v) is 5.77. The van der Waals surface area contributed by atoms with Crippen LogP contribution in [0.25, 0.3) is 0 Å². The molecule has 1 fully saturated rings. The zero-order valence-corrected chi connectivity index (χ0v) is 11.4. The zero-order valence-electron chi connectivity index (χ0n) is 10.6. The maximum absolute atomic E-state index is 4.67. The van der Waals surface area contributed by atoms with Crippen molar-refractivity contribution in [2.45, 2.75) is 38.3 Å². The Morgan fingerprint density at radius 2 is 2.38 bits per heavy atom. The van der Waals surface area contributed by atoms with Crippen molar-refractivity contribution in [3.05, 3.63) is 16.1 Å². The topological polar surface area (TPSA) is 28.2 Å². The van der Waals surface area contributed by atoms with E-state index in [0.717, 1.165) is 25.1 Å². The Morgan fingerprint density at radius 1 is 1.62 bits per heavy atom. The van der Waals surface area contributed by atoms with Crippen LogP contribution in [0.15, 0.2) is 5.38 Å². The van der Waals surface area contributed by atoms with E-state index in [9.17, 15) is 0 Å². The minimum Gasteiger partial charge on any atom is -0.308 e. The highest BCUT2D eigenvalue weighted by molar-refractivity contribution is 7.09. The van der Waals surface area contributed by atoms with Gasteiger partial charge in [-0.15, -0.1) is 11.3 Å². The number of aryl methyl sites for hydroxylation is 1. The quantitative estimate of drug-likeness (QED) is 0.855. The second kappa shape index (κ2) is 4.43. The molecular formula is C12H21N3S. The predicted octanol–water partition coefficient (Wildman–Crippen LogP) is 1.98. The Bertz CT molecular complexity index is 363. The van der Waals surface area contributed by atoms with Crippen molar-refractivity contribution in [1.82, 2.24) is 15.2 Å². The molecule has 2 atom stereocenters. The molecule has 1 N–H and O–H groups in total. The first-order valence-electron chi connectivity index (χ1n) is 5.89. The standard InChI is InChI=1S/C12H21N3S/c1-9-8-16-11(14-9)12(13-3)5-6-15(4)10(2)7-12/h8,10,13H,5-7H2,1-4H3. The van der Waals surface area contributed by atoms with Crippen LogP contribution >= 0.6 is 11.3 Å². The fourth-order valence-electron chi connectivity index (χ4n) is 2.45. The number of thiazole rings is 1. The molecule has 0 radical (unpaired) electrons. The summed E-state index contributed by atoms with van der Waals surface area (Å²) in [6, 6.07) is 0.616. The van der Waals surface area contributed by atoms with Gasteiger partial charge in [0.2, 0.25) is 0 Å². The summed E-state index contributed by atoms with van der Waals surface area (Å²) in [4.78, 5) is 7.10. The van der Waals surface area contributed by atoms with Crippen LogP contribution in [0, 0.1) is 6.92 Å². The van der Waals surface area contributed by atoms with Gasteiger partial charge in [0.1, 0.15) is 5.01 Å². The average Bonchev–Trinajstić information content (AvgIpc) is 2.70. The molecule has 2 unspecified atom stereocenters. The molecule has 0 saturated carbocycles. The lowest BCUT2D eigenvalue weighted by atomic mass is 9.84. The largest absolute Gasteiger partial charge is 0.308 e. The van der Waals surface area contributed by atoms with Crippen LogP contribution < -0.4 is 5.32 Å². The van der Waals surface area contributed by atoms with Crippen molar-refractivity contribution in [1.29, 1.82) is 0 Å². The van der Waals surface area contributed by atoms with Crippen LogP contribution in [-0.4, -0.2) is 36.6 Å². The maximum atomic E-state index is 4.67. The Balaban J connectivity index is 2.26. The molecule has 3 nitrogen and oxygen atoms in total. The summed E-state index contributed by atoms with van der Waals surface area (Å²) in [6.45, 7) is 5.51. The van der Waals surface area contributed by atoms with Crippen molar-refractivity contribution in [3.8, 4) is 0 Å². The van der Waals surface area contributed by atoms with Crippen molar-refractivity contribution in [2.75, 3.05) is 20.6 Å². The molecular weight excluding hydrogens is 218 g/mol. The van der Waals surface area contributed by atoms with Crippen LogP contribution in [0.3, 0.4) is 0 Å². The third-order valence-corrected chi connectivity index (χ3v) is 4.96. The molecule has 1 aliphatic heterocycles. The summed E-state index contributed by atoms with van der Waals surface area (Å²) >= 11 is 1.79. The number of piperidine rings is 1. The van der Waals surface area contributed by atoms with E-state index >= 15 is 0 Å². The van der Waals surface area contributed by atoms with E-state index in [4.69, 9.17) is 0 Å². The number of rotatable bonds is 2. The Labute approximate surface area is 102 Å². The normalized spacial score (nSPS) is 31.9. The van der Waals surface area contributed by atoms with Gasteiger partial charge in [0.15, 0.2) is 0 Å². The summed E-state index contributed by atoms with van der Waals surface area (Å²) < 4.78 is 0. The van der Waals surface area contributed by atoms with Gasteiger partial charge in [-0.25, -0.2) is 4.98 Å². The van der Waals surface area contributed by atoms with Crippen LogP contribution in [0.1, 0.15) is 30.5 Å². The second-order valence-electron chi connectivity index (χ2n) is 4.91. The van der Waals surface area contributed by atoms with Crippen LogP contribution in [0.5, 0.6) is 0 Å². The van der Waals surface area contributed by atoms with Crippen molar-refractivity contribution in [2.24, 2.45) is 0 Å². The molecule has 0 aliphatic carbocycles. The number of nitrogens with zero attached hydrogens (tertiary/aromatic N) is 2. The van der Waals surface area contributed by atoms with E-state index in [1.807, 2.05) is 0 Å². The summed E-state index contributed by atoms with van der Waals surface area (Å²) in [5, 5.41) is 6.93. The molecule has 1 aliphatic rings. The van der Waals surface area contributed by atoms with Gasteiger partial charge in [-0.1, -0.05) is 0 Å². The minimum atomic E-state index is 0.102. The van der Waals surface area contributed by atoms with Crippen LogP contribution in [-0.2, 0) is 5.54 Å². The lowest BCUT2D eigenvalue weighted by Crippen LogP contribution is -2.52. The summed E-state index contributed by atoms with van der Waals surface area (Å²) in [5.41, 5.74) is 1.24. The first kappa shape index (κ1) is 12.0. The van der Waals surface area contributed by atoms with Gasteiger partial charge in [0.05, 0.1) is 5.54 Å². The van der Waals surface area contributed by atoms with Gasteiger partial charge >= 0.3 is 0 Å².